The maximum Gasteiger partial charge on any atom is 0.103 e. The fraction of sp³-hybridized carbons (Fsp3) is 0.100. The van der Waals surface area contributed by atoms with Gasteiger partial charge in [0.1, 0.15) is 5.01 Å². The normalized spacial score (nSPS) is 10.5. The number of nitrogen functional groups attached to an aromatic ring is 1. The van der Waals surface area contributed by atoms with Crippen LogP contribution in [0.25, 0.3) is 0 Å². The Labute approximate surface area is 105 Å². The Morgan fingerprint density at radius 3 is 3.07 bits per heavy atom. The van der Waals surface area contributed by atoms with Gasteiger partial charge in [0.05, 0.1) is 5.75 Å². The number of anilines is 1. The van der Waals surface area contributed by atoms with Crippen molar-refractivity contribution in [1.82, 2.24) is 4.98 Å². The van der Waals surface area contributed by atoms with Crippen molar-refractivity contribution in [3.8, 4) is 0 Å². The van der Waals surface area contributed by atoms with Crippen molar-refractivity contribution in [2.24, 2.45) is 0 Å². The average molecular weight is 301 g/mol. The molecule has 1 aromatic heterocycles. The quantitative estimate of drug-likeness (QED) is 0.692. The minimum Gasteiger partial charge on any atom is -0.398 e. The van der Waals surface area contributed by atoms with E-state index in [9.17, 15) is 0 Å². The molecule has 2 nitrogen and oxygen atoms in total. The van der Waals surface area contributed by atoms with Crippen LogP contribution in [0.15, 0.2) is 39.1 Å². The Morgan fingerprint density at radius 1 is 1.47 bits per heavy atom. The van der Waals surface area contributed by atoms with Gasteiger partial charge in [0.15, 0.2) is 0 Å². The first kappa shape index (κ1) is 11.0. The Bertz CT molecular complexity index is 443. The van der Waals surface area contributed by atoms with Gasteiger partial charge in [0.25, 0.3) is 0 Å². The predicted molar refractivity (Wildman–Crippen MR) is 70.2 cm³/mol. The highest BCUT2D eigenvalue weighted by Crippen LogP contribution is 2.30. The van der Waals surface area contributed by atoms with E-state index in [1.54, 1.807) is 23.1 Å². The highest BCUT2D eigenvalue weighted by atomic mass is 79.9. The number of rotatable bonds is 3. The third-order valence-electron chi connectivity index (χ3n) is 1.81. The summed E-state index contributed by atoms with van der Waals surface area (Å²) in [6, 6.07) is 5.89. The van der Waals surface area contributed by atoms with Crippen LogP contribution in [0.3, 0.4) is 0 Å². The van der Waals surface area contributed by atoms with Gasteiger partial charge in [-0.15, -0.1) is 23.1 Å². The second-order valence-corrected chi connectivity index (χ2v) is 5.81. The average Bonchev–Trinajstić information content (AvgIpc) is 2.72. The third kappa shape index (κ3) is 2.96. The lowest BCUT2D eigenvalue weighted by atomic mass is 10.3. The van der Waals surface area contributed by atoms with Crippen LogP contribution in [0.5, 0.6) is 0 Å². The molecule has 0 spiro atoms. The maximum absolute atomic E-state index is 5.87. The first-order chi connectivity index (χ1) is 7.25. The van der Waals surface area contributed by atoms with E-state index < -0.39 is 0 Å². The van der Waals surface area contributed by atoms with Gasteiger partial charge in [0.2, 0.25) is 0 Å². The summed E-state index contributed by atoms with van der Waals surface area (Å²) in [5.74, 6) is 0.873. The number of benzene rings is 1. The van der Waals surface area contributed by atoms with Crippen molar-refractivity contribution in [3.63, 3.8) is 0 Å². The van der Waals surface area contributed by atoms with E-state index >= 15 is 0 Å². The van der Waals surface area contributed by atoms with Gasteiger partial charge >= 0.3 is 0 Å². The fourth-order valence-corrected chi connectivity index (χ4v) is 3.26. The monoisotopic (exact) mass is 300 g/mol. The molecule has 0 saturated heterocycles. The summed E-state index contributed by atoms with van der Waals surface area (Å²) in [7, 11) is 0. The minimum absolute atomic E-state index is 0.819. The van der Waals surface area contributed by atoms with Crippen molar-refractivity contribution in [2.45, 2.75) is 10.6 Å². The SMILES string of the molecule is Nc1ccc(Br)cc1SCc1nccs1. The van der Waals surface area contributed by atoms with Gasteiger partial charge in [-0.3, -0.25) is 0 Å². The number of hydrogen-bond acceptors (Lipinski definition) is 4. The minimum atomic E-state index is 0.819. The van der Waals surface area contributed by atoms with E-state index in [-0.39, 0.29) is 0 Å². The number of nitrogens with two attached hydrogens (primary N) is 1. The largest absolute Gasteiger partial charge is 0.398 e. The summed E-state index contributed by atoms with van der Waals surface area (Å²) in [5.41, 5.74) is 6.69. The first-order valence-corrected chi connectivity index (χ1v) is 6.98. The Balaban J connectivity index is 2.07. The Morgan fingerprint density at radius 2 is 2.33 bits per heavy atom. The molecule has 2 N–H and O–H groups in total. The van der Waals surface area contributed by atoms with Gasteiger partial charge < -0.3 is 5.73 Å². The number of thiazole rings is 1. The molecule has 2 aromatic rings. The van der Waals surface area contributed by atoms with Crippen LogP contribution in [-0.4, -0.2) is 4.98 Å². The van der Waals surface area contributed by atoms with Crippen molar-refractivity contribution >= 4 is 44.7 Å². The molecule has 2 rings (SSSR count). The lowest BCUT2D eigenvalue weighted by Gasteiger charge is -2.04. The molecular weight excluding hydrogens is 292 g/mol. The number of hydrogen-bond donors (Lipinski definition) is 1. The van der Waals surface area contributed by atoms with E-state index in [1.807, 2.05) is 29.8 Å². The molecule has 0 fully saturated rings. The van der Waals surface area contributed by atoms with Gasteiger partial charge in [-0.25, -0.2) is 4.98 Å². The van der Waals surface area contributed by atoms with E-state index in [0.29, 0.717) is 0 Å². The van der Waals surface area contributed by atoms with E-state index in [2.05, 4.69) is 20.9 Å². The molecule has 0 aliphatic carbocycles. The molecule has 0 radical (unpaired) electrons. The smallest absolute Gasteiger partial charge is 0.103 e. The molecule has 1 aromatic carbocycles. The van der Waals surface area contributed by atoms with Crippen LogP contribution in [-0.2, 0) is 5.75 Å². The molecule has 5 heteroatoms. The lowest BCUT2D eigenvalue weighted by molar-refractivity contribution is 1.26. The van der Waals surface area contributed by atoms with Crippen molar-refractivity contribution in [2.75, 3.05) is 5.73 Å². The lowest BCUT2D eigenvalue weighted by Crippen LogP contribution is -1.88. The molecule has 0 aliphatic rings. The van der Waals surface area contributed by atoms with Crippen molar-refractivity contribution < 1.29 is 0 Å². The standard InChI is InChI=1S/C10H9BrN2S2/c11-7-1-2-8(12)9(5-7)15-6-10-13-3-4-14-10/h1-5H,6,12H2. The number of halogens is 1. The molecule has 1 heterocycles. The molecule has 0 unspecified atom stereocenters. The van der Waals surface area contributed by atoms with Crippen LogP contribution in [0, 0.1) is 0 Å². The molecule has 78 valence electrons. The van der Waals surface area contributed by atoms with Crippen LogP contribution >= 0.6 is 39.0 Å². The summed E-state index contributed by atoms with van der Waals surface area (Å²) in [6.45, 7) is 0. The Kier molecular flexibility index (Phi) is 3.66. The summed E-state index contributed by atoms with van der Waals surface area (Å²) in [4.78, 5) is 5.33. The number of thioether (sulfide) groups is 1. The highest BCUT2D eigenvalue weighted by molar-refractivity contribution is 9.10. The highest BCUT2D eigenvalue weighted by Gasteiger charge is 2.02. The third-order valence-corrected chi connectivity index (χ3v) is 4.35. The van der Waals surface area contributed by atoms with Crippen LogP contribution in [0.1, 0.15) is 5.01 Å². The molecule has 0 atom stereocenters. The van der Waals surface area contributed by atoms with Gasteiger partial charge in [-0.2, -0.15) is 0 Å². The van der Waals surface area contributed by atoms with E-state index in [4.69, 9.17) is 5.73 Å². The molecule has 0 amide bonds. The summed E-state index contributed by atoms with van der Waals surface area (Å²) >= 11 is 6.81. The summed E-state index contributed by atoms with van der Waals surface area (Å²) in [5, 5.41) is 3.11. The molecule has 0 aliphatic heterocycles. The molecule has 15 heavy (non-hydrogen) atoms. The maximum atomic E-state index is 5.87. The van der Waals surface area contributed by atoms with Crippen LogP contribution in [0.4, 0.5) is 5.69 Å². The number of aromatic nitrogens is 1. The van der Waals surface area contributed by atoms with E-state index in [1.165, 1.54) is 0 Å². The fourth-order valence-electron chi connectivity index (χ4n) is 1.10. The zero-order valence-electron chi connectivity index (χ0n) is 7.81. The van der Waals surface area contributed by atoms with Gasteiger partial charge in [-0.05, 0) is 18.2 Å². The molecular formula is C10H9BrN2S2. The second-order valence-electron chi connectivity index (χ2n) is 2.90. The Hall–Kier alpha value is -0.520. The van der Waals surface area contributed by atoms with Crippen LogP contribution in [0.2, 0.25) is 0 Å². The summed E-state index contributed by atoms with van der Waals surface area (Å²) in [6.07, 6.45) is 1.82. The van der Waals surface area contributed by atoms with Crippen molar-refractivity contribution in [1.29, 1.82) is 0 Å². The molecule has 0 bridgehead atoms. The zero-order valence-corrected chi connectivity index (χ0v) is 11.0. The summed E-state index contributed by atoms with van der Waals surface area (Å²) < 4.78 is 1.05. The van der Waals surface area contributed by atoms with E-state index in [0.717, 1.165) is 25.8 Å². The topological polar surface area (TPSA) is 38.9 Å². The van der Waals surface area contributed by atoms with Gasteiger partial charge in [-0.1, -0.05) is 15.9 Å². The zero-order chi connectivity index (χ0) is 10.7. The molecule has 0 saturated carbocycles. The first-order valence-electron chi connectivity index (χ1n) is 4.32. The second kappa shape index (κ2) is 5.01. The van der Waals surface area contributed by atoms with Crippen LogP contribution < -0.4 is 5.73 Å². The van der Waals surface area contributed by atoms with Gasteiger partial charge in [0, 0.05) is 26.6 Å². The predicted octanol–water partition coefficient (Wildman–Crippen LogP) is 3.78. The number of nitrogens with zero attached hydrogens (tertiary/aromatic N) is 1. The van der Waals surface area contributed by atoms with Crippen molar-refractivity contribution in [3.05, 3.63) is 39.3 Å².